The van der Waals surface area contributed by atoms with Gasteiger partial charge in [-0.1, -0.05) is 36.4 Å². The van der Waals surface area contributed by atoms with Crippen molar-refractivity contribution in [2.45, 2.75) is 25.0 Å². The standard InChI is InChI=1S/C28H25N7O/c36-18-12-17(8-10-29-13-18)32-28-25-21(16-4-3-5-16)14-30-15-23(25)34-26(35-28)20-9-11-31-27-24(20)19-6-1-2-7-22(19)33-27/h1-7,9,11,14-15,17-18,29,36H,8,10,12-13H2,(H,31,33)(H,32,34,35). The van der Waals surface area contributed by atoms with E-state index in [9.17, 15) is 5.11 Å². The maximum Gasteiger partial charge on any atom is 0.163 e. The van der Waals surface area contributed by atoms with Gasteiger partial charge in [0.15, 0.2) is 5.82 Å². The van der Waals surface area contributed by atoms with E-state index in [0.29, 0.717) is 18.8 Å². The van der Waals surface area contributed by atoms with E-state index in [1.54, 1.807) is 12.4 Å². The minimum Gasteiger partial charge on any atom is -0.392 e. The minimum atomic E-state index is -0.401. The fourth-order valence-electron chi connectivity index (χ4n) is 5.25. The van der Waals surface area contributed by atoms with Crippen molar-refractivity contribution < 1.29 is 5.11 Å². The Morgan fingerprint density at radius 1 is 1.03 bits per heavy atom. The number of nitrogens with one attached hydrogen (secondary N) is 3. The second kappa shape index (κ2) is 8.51. The Labute approximate surface area is 207 Å². The number of allylic oxidation sites excluding steroid dienone is 4. The van der Waals surface area contributed by atoms with Gasteiger partial charge in [-0.2, -0.15) is 0 Å². The zero-order valence-electron chi connectivity index (χ0n) is 19.6. The Morgan fingerprint density at radius 2 is 1.94 bits per heavy atom. The quantitative estimate of drug-likeness (QED) is 0.308. The van der Waals surface area contributed by atoms with E-state index in [4.69, 9.17) is 9.97 Å². The zero-order chi connectivity index (χ0) is 24.1. The molecule has 1 saturated heterocycles. The normalized spacial score (nSPS) is 19.9. The maximum absolute atomic E-state index is 10.4. The number of para-hydroxylation sites is 1. The molecule has 1 aromatic carbocycles. The van der Waals surface area contributed by atoms with Crippen molar-refractivity contribution in [3.63, 3.8) is 0 Å². The van der Waals surface area contributed by atoms with Gasteiger partial charge in [-0.15, -0.1) is 0 Å². The van der Waals surface area contributed by atoms with Crippen molar-refractivity contribution in [2.75, 3.05) is 18.4 Å². The lowest BCUT2D eigenvalue weighted by Crippen LogP contribution is -2.26. The highest BCUT2D eigenvalue weighted by Gasteiger charge is 2.23. The summed E-state index contributed by atoms with van der Waals surface area (Å²) in [5.74, 6) is 1.38. The first kappa shape index (κ1) is 21.2. The molecule has 4 N–H and O–H groups in total. The lowest BCUT2D eigenvalue weighted by atomic mass is 9.97. The summed E-state index contributed by atoms with van der Waals surface area (Å²) in [6.45, 7) is 1.45. The van der Waals surface area contributed by atoms with E-state index in [1.165, 1.54) is 0 Å². The van der Waals surface area contributed by atoms with Gasteiger partial charge in [-0.05, 0) is 37.1 Å². The van der Waals surface area contributed by atoms with Crippen LogP contribution in [0.4, 0.5) is 5.82 Å². The van der Waals surface area contributed by atoms with Crippen LogP contribution in [0.25, 0.3) is 49.8 Å². The summed E-state index contributed by atoms with van der Waals surface area (Å²) in [6, 6.07) is 10.2. The summed E-state index contributed by atoms with van der Waals surface area (Å²) in [7, 11) is 0. The van der Waals surface area contributed by atoms with Crippen molar-refractivity contribution in [3.8, 4) is 11.4 Å². The van der Waals surface area contributed by atoms with Gasteiger partial charge < -0.3 is 20.7 Å². The van der Waals surface area contributed by atoms with E-state index in [-0.39, 0.29) is 6.04 Å². The molecule has 2 aliphatic rings. The first-order chi connectivity index (χ1) is 17.7. The minimum absolute atomic E-state index is 0.0819. The van der Waals surface area contributed by atoms with Gasteiger partial charge in [0, 0.05) is 52.4 Å². The lowest BCUT2D eigenvalue weighted by molar-refractivity contribution is 0.165. The molecule has 4 aromatic heterocycles. The molecule has 178 valence electrons. The van der Waals surface area contributed by atoms with Crippen LogP contribution in [0.1, 0.15) is 18.4 Å². The molecule has 1 fully saturated rings. The monoisotopic (exact) mass is 475 g/mol. The lowest BCUT2D eigenvalue weighted by Gasteiger charge is -2.21. The molecule has 5 heterocycles. The first-order valence-corrected chi connectivity index (χ1v) is 12.3. The van der Waals surface area contributed by atoms with Crippen molar-refractivity contribution in [2.24, 2.45) is 0 Å². The second-order valence-corrected chi connectivity index (χ2v) is 9.43. The van der Waals surface area contributed by atoms with Crippen molar-refractivity contribution >= 4 is 44.2 Å². The fourth-order valence-corrected chi connectivity index (χ4v) is 5.25. The molecule has 0 amide bonds. The van der Waals surface area contributed by atoms with Gasteiger partial charge >= 0.3 is 0 Å². The number of benzene rings is 1. The largest absolute Gasteiger partial charge is 0.392 e. The number of aliphatic hydroxyl groups excluding tert-OH is 1. The molecule has 0 bridgehead atoms. The molecule has 8 heteroatoms. The van der Waals surface area contributed by atoms with E-state index in [0.717, 1.165) is 68.3 Å². The van der Waals surface area contributed by atoms with Crippen LogP contribution in [0.5, 0.6) is 0 Å². The summed E-state index contributed by atoms with van der Waals surface area (Å²) in [6.07, 6.45) is 12.8. The zero-order valence-corrected chi connectivity index (χ0v) is 19.6. The van der Waals surface area contributed by atoms with E-state index in [2.05, 4.69) is 49.9 Å². The number of fused-ring (bicyclic) bond motifs is 4. The Bertz CT molecular complexity index is 1690. The van der Waals surface area contributed by atoms with Gasteiger partial charge in [0.1, 0.15) is 11.5 Å². The molecule has 1 aliphatic carbocycles. The van der Waals surface area contributed by atoms with Crippen LogP contribution in [-0.2, 0) is 0 Å². The Morgan fingerprint density at radius 3 is 2.83 bits per heavy atom. The molecule has 36 heavy (non-hydrogen) atoms. The maximum atomic E-state index is 10.4. The molecule has 0 spiro atoms. The summed E-state index contributed by atoms with van der Waals surface area (Å²) < 4.78 is 0. The third kappa shape index (κ3) is 3.54. The van der Waals surface area contributed by atoms with E-state index < -0.39 is 6.10 Å². The predicted molar refractivity (Wildman–Crippen MR) is 143 cm³/mol. The Hall–Kier alpha value is -4.14. The van der Waals surface area contributed by atoms with Crippen LogP contribution in [0.15, 0.2) is 67.2 Å². The van der Waals surface area contributed by atoms with Gasteiger partial charge in [0.2, 0.25) is 0 Å². The number of aromatic amines is 1. The Balaban J connectivity index is 1.45. The highest BCUT2D eigenvalue weighted by atomic mass is 16.3. The predicted octanol–water partition coefficient (Wildman–Crippen LogP) is 4.20. The molecular formula is C28H25N7O. The molecule has 2 atom stereocenters. The molecular weight excluding hydrogens is 450 g/mol. The number of nitrogens with zero attached hydrogens (tertiary/aromatic N) is 4. The van der Waals surface area contributed by atoms with Crippen LogP contribution in [0.2, 0.25) is 0 Å². The summed E-state index contributed by atoms with van der Waals surface area (Å²) >= 11 is 0. The third-order valence-electron chi connectivity index (χ3n) is 7.06. The van der Waals surface area contributed by atoms with Crippen molar-refractivity contribution in [1.29, 1.82) is 0 Å². The van der Waals surface area contributed by atoms with Crippen LogP contribution < -0.4 is 10.6 Å². The number of β-amino-alcohol motifs (C(OH)–C–C–N with tert-alkyl or cyclic N) is 1. The number of anilines is 1. The van der Waals surface area contributed by atoms with Crippen molar-refractivity contribution in [3.05, 3.63) is 72.7 Å². The van der Waals surface area contributed by atoms with Crippen LogP contribution in [-0.4, -0.2) is 55.3 Å². The molecule has 8 nitrogen and oxygen atoms in total. The van der Waals surface area contributed by atoms with Crippen molar-refractivity contribution in [1.82, 2.24) is 30.2 Å². The highest BCUT2D eigenvalue weighted by molar-refractivity contribution is 6.12. The second-order valence-electron chi connectivity index (χ2n) is 9.43. The van der Waals surface area contributed by atoms with E-state index in [1.807, 2.05) is 30.5 Å². The molecule has 5 aromatic rings. The molecule has 2 unspecified atom stereocenters. The number of pyridine rings is 2. The van der Waals surface area contributed by atoms with Crippen LogP contribution in [0.3, 0.4) is 0 Å². The molecule has 1 aliphatic heterocycles. The first-order valence-electron chi connectivity index (χ1n) is 12.3. The topological polar surface area (TPSA) is 112 Å². The Kier molecular flexibility index (Phi) is 5.00. The smallest absolute Gasteiger partial charge is 0.163 e. The number of aromatic nitrogens is 5. The average Bonchev–Trinajstić information content (AvgIpc) is 3.12. The molecule has 0 saturated carbocycles. The number of H-pyrrole nitrogens is 1. The van der Waals surface area contributed by atoms with Gasteiger partial charge in [-0.25, -0.2) is 15.0 Å². The highest BCUT2D eigenvalue weighted by Crippen LogP contribution is 2.37. The third-order valence-corrected chi connectivity index (χ3v) is 7.06. The summed E-state index contributed by atoms with van der Waals surface area (Å²) in [4.78, 5) is 22.6. The number of hydrogen-bond acceptors (Lipinski definition) is 7. The van der Waals surface area contributed by atoms with Gasteiger partial charge in [0.05, 0.1) is 23.2 Å². The van der Waals surface area contributed by atoms with E-state index >= 15 is 0 Å². The SMILES string of the molecule is OC1CNCCC(Nc2nc(-c3ccnc4[nH]c5ccccc5c34)nc3cncc(C4=CC=C4)c23)C1. The number of rotatable bonds is 4. The average molecular weight is 476 g/mol. The van der Waals surface area contributed by atoms with Gasteiger partial charge in [0.25, 0.3) is 0 Å². The summed E-state index contributed by atoms with van der Waals surface area (Å²) in [5.41, 5.74) is 5.64. The molecule has 0 radical (unpaired) electrons. The van der Waals surface area contributed by atoms with Gasteiger partial charge in [-0.3, -0.25) is 4.98 Å². The number of hydrogen-bond donors (Lipinski definition) is 4. The molecule has 7 rings (SSSR count). The number of aliphatic hydroxyl groups is 1. The fraction of sp³-hybridized carbons (Fsp3) is 0.214. The summed E-state index contributed by atoms with van der Waals surface area (Å²) in [5, 5.41) is 20.4. The van der Waals surface area contributed by atoms with Crippen LogP contribution in [0, 0.1) is 0 Å². The van der Waals surface area contributed by atoms with Crippen LogP contribution >= 0.6 is 0 Å².